The van der Waals surface area contributed by atoms with Crippen molar-refractivity contribution in [2.75, 3.05) is 0 Å². The Balaban J connectivity index is 2.31. The van der Waals surface area contributed by atoms with Crippen LogP contribution in [-0.2, 0) is 0 Å². The highest BCUT2D eigenvalue weighted by atomic mass is 16.3. The van der Waals surface area contributed by atoms with E-state index in [2.05, 4.69) is 23.9 Å². The third kappa shape index (κ3) is 1.55. The Morgan fingerprint density at radius 1 is 1.44 bits per heavy atom. The lowest BCUT2D eigenvalue weighted by atomic mass is 10.1. The predicted molar refractivity (Wildman–Crippen MR) is 67.6 cm³/mol. The van der Waals surface area contributed by atoms with Crippen molar-refractivity contribution in [1.82, 2.24) is 14.6 Å². The van der Waals surface area contributed by atoms with Crippen LogP contribution in [0.5, 0.6) is 0 Å². The molecule has 0 spiro atoms. The smallest absolute Gasteiger partial charge is 0.273 e. The Morgan fingerprint density at radius 3 is 2.94 bits per heavy atom. The molecular weight excluding hydrogens is 230 g/mol. The van der Waals surface area contributed by atoms with Crippen molar-refractivity contribution in [3.05, 3.63) is 46.6 Å². The second-order valence-electron chi connectivity index (χ2n) is 4.50. The molecule has 0 aromatic carbocycles. The molecule has 0 radical (unpaired) electrons. The maximum Gasteiger partial charge on any atom is 0.273 e. The first-order valence-electron chi connectivity index (χ1n) is 5.82. The van der Waals surface area contributed by atoms with E-state index < -0.39 is 0 Å². The van der Waals surface area contributed by atoms with E-state index in [0.29, 0.717) is 23.0 Å². The molecule has 0 bridgehead atoms. The molecule has 0 saturated heterocycles. The minimum absolute atomic E-state index is 0.140. The fourth-order valence-corrected chi connectivity index (χ4v) is 1.97. The molecule has 18 heavy (non-hydrogen) atoms. The average molecular weight is 243 g/mol. The van der Waals surface area contributed by atoms with Gasteiger partial charge in [0.1, 0.15) is 5.69 Å². The monoisotopic (exact) mass is 243 g/mol. The van der Waals surface area contributed by atoms with Crippen LogP contribution < -0.4 is 5.56 Å². The van der Waals surface area contributed by atoms with E-state index in [1.807, 2.05) is 6.20 Å². The molecule has 0 atom stereocenters. The predicted octanol–water partition coefficient (Wildman–Crippen LogP) is 2.41. The third-order valence-electron chi connectivity index (χ3n) is 2.92. The van der Waals surface area contributed by atoms with Crippen LogP contribution >= 0.6 is 0 Å². The highest BCUT2D eigenvalue weighted by molar-refractivity contribution is 5.58. The summed E-state index contributed by atoms with van der Waals surface area (Å²) in [5, 5.41) is 2.92. The van der Waals surface area contributed by atoms with Crippen molar-refractivity contribution < 1.29 is 4.42 Å². The van der Waals surface area contributed by atoms with Gasteiger partial charge in [-0.25, -0.2) is 9.50 Å². The van der Waals surface area contributed by atoms with Crippen molar-refractivity contribution in [3.8, 4) is 11.5 Å². The molecule has 0 aliphatic heterocycles. The number of nitrogens with one attached hydrogen (secondary N) is 1. The summed E-state index contributed by atoms with van der Waals surface area (Å²) in [6.45, 7) is 4.13. The molecule has 0 saturated carbocycles. The maximum absolute atomic E-state index is 12.0. The second kappa shape index (κ2) is 3.87. The zero-order valence-electron chi connectivity index (χ0n) is 10.2. The van der Waals surface area contributed by atoms with E-state index in [1.165, 1.54) is 10.6 Å². The van der Waals surface area contributed by atoms with Gasteiger partial charge in [0, 0.05) is 17.8 Å². The van der Waals surface area contributed by atoms with Crippen LogP contribution in [0.25, 0.3) is 17.1 Å². The SMILES string of the molecule is CC(C)c1c[nH]n2c(=O)cc(-c3ccco3)nc12. The number of hydrogen-bond donors (Lipinski definition) is 1. The molecule has 1 N–H and O–H groups in total. The minimum atomic E-state index is -0.140. The largest absolute Gasteiger partial charge is 0.463 e. The van der Waals surface area contributed by atoms with Gasteiger partial charge < -0.3 is 4.42 Å². The Morgan fingerprint density at radius 2 is 2.28 bits per heavy atom. The second-order valence-corrected chi connectivity index (χ2v) is 4.50. The number of H-pyrrole nitrogens is 1. The number of hydrogen-bond acceptors (Lipinski definition) is 3. The van der Waals surface area contributed by atoms with Gasteiger partial charge >= 0.3 is 0 Å². The van der Waals surface area contributed by atoms with E-state index >= 15 is 0 Å². The molecule has 0 aliphatic rings. The molecule has 0 aliphatic carbocycles. The van der Waals surface area contributed by atoms with Gasteiger partial charge in [-0.05, 0) is 18.1 Å². The van der Waals surface area contributed by atoms with Crippen LogP contribution in [0.1, 0.15) is 25.3 Å². The van der Waals surface area contributed by atoms with Crippen molar-refractivity contribution >= 4 is 5.65 Å². The van der Waals surface area contributed by atoms with Gasteiger partial charge in [0.25, 0.3) is 5.56 Å². The number of furan rings is 1. The van der Waals surface area contributed by atoms with Gasteiger partial charge in [-0.15, -0.1) is 0 Å². The van der Waals surface area contributed by atoms with Crippen LogP contribution in [0.15, 0.2) is 39.9 Å². The van der Waals surface area contributed by atoms with E-state index in [4.69, 9.17) is 4.42 Å². The minimum Gasteiger partial charge on any atom is -0.463 e. The first-order chi connectivity index (χ1) is 8.66. The maximum atomic E-state index is 12.0. The lowest BCUT2D eigenvalue weighted by molar-refractivity contribution is 0.579. The zero-order chi connectivity index (χ0) is 12.7. The summed E-state index contributed by atoms with van der Waals surface area (Å²) in [5.41, 5.74) is 2.09. The van der Waals surface area contributed by atoms with Crippen LogP contribution in [0.2, 0.25) is 0 Å². The van der Waals surface area contributed by atoms with Crippen LogP contribution in [0.4, 0.5) is 0 Å². The van der Waals surface area contributed by atoms with Crippen molar-refractivity contribution in [2.24, 2.45) is 0 Å². The molecule has 5 heteroatoms. The standard InChI is InChI=1S/C13H13N3O2/c1-8(2)9-7-14-16-12(17)6-10(15-13(9)16)11-4-3-5-18-11/h3-8,14H,1-2H3. The fraction of sp³-hybridized carbons (Fsp3) is 0.231. The molecule has 92 valence electrons. The van der Waals surface area contributed by atoms with Crippen LogP contribution in [0.3, 0.4) is 0 Å². The van der Waals surface area contributed by atoms with Gasteiger partial charge in [-0.3, -0.25) is 9.89 Å². The topological polar surface area (TPSA) is 63.3 Å². The summed E-state index contributed by atoms with van der Waals surface area (Å²) in [6, 6.07) is 5.03. The molecule has 3 aromatic heterocycles. The van der Waals surface area contributed by atoms with Crippen molar-refractivity contribution in [3.63, 3.8) is 0 Å². The van der Waals surface area contributed by atoms with Gasteiger partial charge in [0.15, 0.2) is 11.4 Å². The number of fused-ring (bicyclic) bond motifs is 1. The van der Waals surface area contributed by atoms with E-state index in [1.54, 1.807) is 18.4 Å². The number of nitrogens with zero attached hydrogens (tertiary/aromatic N) is 2. The summed E-state index contributed by atoms with van der Waals surface area (Å²) < 4.78 is 6.73. The molecule has 3 aromatic rings. The molecule has 3 heterocycles. The van der Waals surface area contributed by atoms with Gasteiger partial charge in [0.05, 0.1) is 6.26 Å². The molecule has 0 fully saturated rings. The molecule has 5 nitrogen and oxygen atoms in total. The van der Waals surface area contributed by atoms with Gasteiger partial charge in [-0.1, -0.05) is 13.8 Å². The normalized spacial score (nSPS) is 11.5. The third-order valence-corrected chi connectivity index (χ3v) is 2.92. The average Bonchev–Trinajstić information content (AvgIpc) is 2.97. The Hall–Kier alpha value is -2.30. The molecular formula is C13H13N3O2. The van der Waals surface area contributed by atoms with Crippen molar-refractivity contribution in [1.29, 1.82) is 0 Å². The molecule has 3 rings (SSSR count). The van der Waals surface area contributed by atoms with E-state index in [9.17, 15) is 4.79 Å². The van der Waals surface area contributed by atoms with Gasteiger partial charge in [0.2, 0.25) is 0 Å². The van der Waals surface area contributed by atoms with Crippen LogP contribution in [-0.4, -0.2) is 14.6 Å². The molecule has 0 unspecified atom stereocenters. The first-order valence-corrected chi connectivity index (χ1v) is 5.82. The van der Waals surface area contributed by atoms with Crippen LogP contribution in [0, 0.1) is 0 Å². The number of aromatic amines is 1. The summed E-state index contributed by atoms with van der Waals surface area (Å²) >= 11 is 0. The summed E-state index contributed by atoms with van der Waals surface area (Å²) in [7, 11) is 0. The fourth-order valence-electron chi connectivity index (χ4n) is 1.97. The highest BCUT2D eigenvalue weighted by Gasteiger charge is 2.13. The summed E-state index contributed by atoms with van der Waals surface area (Å²) in [6.07, 6.45) is 3.39. The Bertz CT molecular complexity index is 735. The number of rotatable bonds is 2. The van der Waals surface area contributed by atoms with E-state index in [0.717, 1.165) is 5.56 Å². The highest BCUT2D eigenvalue weighted by Crippen LogP contribution is 2.21. The number of aromatic nitrogens is 3. The Labute approximate surface area is 103 Å². The van der Waals surface area contributed by atoms with E-state index in [-0.39, 0.29) is 5.56 Å². The van der Waals surface area contributed by atoms with Gasteiger partial charge in [-0.2, -0.15) is 0 Å². The quantitative estimate of drug-likeness (QED) is 0.751. The lowest BCUT2D eigenvalue weighted by Crippen LogP contribution is -2.14. The summed E-state index contributed by atoms with van der Waals surface area (Å²) in [5.74, 6) is 0.899. The Kier molecular flexibility index (Phi) is 2.33. The lowest BCUT2D eigenvalue weighted by Gasteiger charge is -2.02. The summed E-state index contributed by atoms with van der Waals surface area (Å²) in [4.78, 5) is 16.5. The van der Waals surface area contributed by atoms with Crippen molar-refractivity contribution in [2.45, 2.75) is 19.8 Å². The molecule has 0 amide bonds. The zero-order valence-corrected chi connectivity index (χ0v) is 10.2. The first kappa shape index (κ1) is 10.8.